The predicted molar refractivity (Wildman–Crippen MR) is 69.0 cm³/mol. The lowest BCUT2D eigenvalue weighted by molar-refractivity contribution is 0.265. The fourth-order valence-electron chi connectivity index (χ4n) is 2.04. The van der Waals surface area contributed by atoms with Crippen LogP contribution in [0.25, 0.3) is 0 Å². The molecular formula is C12H18ClN3. The Morgan fingerprint density at radius 2 is 1.94 bits per heavy atom. The minimum absolute atomic E-state index is 0.648. The van der Waals surface area contributed by atoms with E-state index < -0.39 is 0 Å². The number of benzene rings is 1. The van der Waals surface area contributed by atoms with Crippen molar-refractivity contribution in [3.05, 3.63) is 28.8 Å². The second-order valence-corrected chi connectivity index (χ2v) is 4.65. The maximum atomic E-state index is 6.25. The van der Waals surface area contributed by atoms with Gasteiger partial charge in [-0.05, 0) is 24.6 Å². The van der Waals surface area contributed by atoms with Gasteiger partial charge in [-0.2, -0.15) is 0 Å². The van der Waals surface area contributed by atoms with E-state index >= 15 is 0 Å². The average molecular weight is 240 g/mol. The molecule has 1 aromatic carbocycles. The Morgan fingerprint density at radius 1 is 1.25 bits per heavy atom. The van der Waals surface area contributed by atoms with Crippen molar-refractivity contribution >= 4 is 17.3 Å². The Labute approximate surface area is 102 Å². The second-order valence-electron chi connectivity index (χ2n) is 4.24. The first-order valence-corrected chi connectivity index (χ1v) is 6.02. The quantitative estimate of drug-likeness (QED) is 0.853. The summed E-state index contributed by atoms with van der Waals surface area (Å²) < 4.78 is 0. The van der Waals surface area contributed by atoms with Crippen molar-refractivity contribution in [3.63, 3.8) is 0 Å². The smallest absolute Gasteiger partial charge is 0.0642 e. The molecule has 16 heavy (non-hydrogen) atoms. The van der Waals surface area contributed by atoms with Crippen molar-refractivity contribution in [2.75, 3.05) is 37.7 Å². The van der Waals surface area contributed by atoms with Crippen molar-refractivity contribution in [1.29, 1.82) is 0 Å². The highest BCUT2D eigenvalue weighted by Gasteiger charge is 2.17. The molecule has 1 heterocycles. The van der Waals surface area contributed by atoms with Crippen LogP contribution in [0, 0.1) is 6.92 Å². The zero-order valence-electron chi connectivity index (χ0n) is 9.62. The molecule has 0 atom stereocenters. The van der Waals surface area contributed by atoms with Gasteiger partial charge in [-0.15, -0.1) is 0 Å². The minimum atomic E-state index is 0.648. The lowest BCUT2D eigenvalue weighted by Gasteiger charge is -2.35. The van der Waals surface area contributed by atoms with Crippen molar-refractivity contribution in [2.24, 2.45) is 5.73 Å². The van der Waals surface area contributed by atoms with Crippen molar-refractivity contribution in [1.82, 2.24) is 4.90 Å². The maximum Gasteiger partial charge on any atom is 0.0642 e. The normalized spacial score (nSPS) is 17.8. The highest BCUT2D eigenvalue weighted by atomic mass is 35.5. The van der Waals surface area contributed by atoms with Gasteiger partial charge >= 0.3 is 0 Å². The summed E-state index contributed by atoms with van der Waals surface area (Å²) in [7, 11) is 0. The Bertz CT molecular complexity index is 359. The molecule has 1 aliphatic heterocycles. The first-order valence-electron chi connectivity index (χ1n) is 5.64. The topological polar surface area (TPSA) is 32.5 Å². The number of hydrogen-bond acceptors (Lipinski definition) is 3. The molecular weight excluding hydrogens is 222 g/mol. The van der Waals surface area contributed by atoms with Crippen LogP contribution in [-0.2, 0) is 0 Å². The highest BCUT2D eigenvalue weighted by Crippen LogP contribution is 2.27. The summed E-state index contributed by atoms with van der Waals surface area (Å²) in [5, 5.41) is 0.848. The fourth-order valence-corrected chi connectivity index (χ4v) is 2.39. The van der Waals surface area contributed by atoms with Gasteiger partial charge in [0.1, 0.15) is 0 Å². The lowest BCUT2D eigenvalue weighted by Crippen LogP contribution is -2.48. The molecule has 1 aliphatic rings. The summed E-state index contributed by atoms with van der Waals surface area (Å²) in [6.45, 7) is 6.73. The number of halogens is 1. The molecule has 0 saturated carbocycles. The van der Waals surface area contributed by atoms with E-state index in [-0.39, 0.29) is 0 Å². The molecule has 0 amide bonds. The molecule has 1 aromatic rings. The maximum absolute atomic E-state index is 6.25. The van der Waals surface area contributed by atoms with Gasteiger partial charge in [0.2, 0.25) is 0 Å². The van der Waals surface area contributed by atoms with Gasteiger partial charge in [0.05, 0.1) is 10.7 Å². The third-order valence-corrected chi connectivity index (χ3v) is 3.38. The SMILES string of the molecule is Cc1ccc(N2CCN(CN)CC2)c(Cl)c1. The summed E-state index contributed by atoms with van der Waals surface area (Å²) in [6, 6.07) is 6.23. The van der Waals surface area contributed by atoms with Crippen LogP contribution in [-0.4, -0.2) is 37.7 Å². The minimum Gasteiger partial charge on any atom is -0.368 e. The van der Waals surface area contributed by atoms with Gasteiger partial charge in [0.25, 0.3) is 0 Å². The van der Waals surface area contributed by atoms with E-state index in [1.165, 1.54) is 5.56 Å². The number of rotatable bonds is 2. The summed E-state index contributed by atoms with van der Waals surface area (Å²) >= 11 is 6.25. The van der Waals surface area contributed by atoms with Gasteiger partial charge in [0.15, 0.2) is 0 Å². The van der Waals surface area contributed by atoms with Crippen LogP contribution in [0.2, 0.25) is 5.02 Å². The lowest BCUT2D eigenvalue weighted by atomic mass is 10.2. The van der Waals surface area contributed by atoms with E-state index in [1.54, 1.807) is 0 Å². The number of nitrogens with two attached hydrogens (primary N) is 1. The number of aryl methyl sites for hydroxylation is 1. The van der Waals surface area contributed by atoms with Crippen LogP contribution in [0.3, 0.4) is 0 Å². The first kappa shape index (κ1) is 11.7. The second kappa shape index (κ2) is 5.04. The number of piperazine rings is 1. The average Bonchev–Trinajstić information content (AvgIpc) is 2.29. The monoisotopic (exact) mass is 239 g/mol. The zero-order chi connectivity index (χ0) is 11.5. The molecule has 1 saturated heterocycles. The molecule has 3 nitrogen and oxygen atoms in total. The molecule has 0 bridgehead atoms. The van der Waals surface area contributed by atoms with E-state index in [0.29, 0.717) is 6.67 Å². The van der Waals surface area contributed by atoms with E-state index in [9.17, 15) is 0 Å². The Hall–Kier alpha value is -0.770. The van der Waals surface area contributed by atoms with Gasteiger partial charge in [-0.1, -0.05) is 17.7 Å². The molecule has 2 N–H and O–H groups in total. The van der Waals surface area contributed by atoms with E-state index in [0.717, 1.165) is 36.9 Å². The first-order chi connectivity index (χ1) is 7.70. The molecule has 0 aromatic heterocycles. The number of hydrogen-bond donors (Lipinski definition) is 1. The van der Waals surface area contributed by atoms with Gasteiger partial charge in [-0.3, -0.25) is 4.90 Å². The van der Waals surface area contributed by atoms with E-state index in [4.69, 9.17) is 17.3 Å². The summed E-state index contributed by atoms with van der Waals surface area (Å²) in [5.41, 5.74) is 7.96. The number of nitrogens with zero attached hydrogens (tertiary/aromatic N) is 2. The van der Waals surface area contributed by atoms with Crippen LogP contribution < -0.4 is 10.6 Å². The Balaban J connectivity index is 2.08. The molecule has 0 aliphatic carbocycles. The van der Waals surface area contributed by atoms with Crippen LogP contribution in [0.1, 0.15) is 5.56 Å². The van der Waals surface area contributed by atoms with Crippen LogP contribution in [0.15, 0.2) is 18.2 Å². The molecule has 4 heteroatoms. The van der Waals surface area contributed by atoms with Gasteiger partial charge in [0, 0.05) is 32.8 Å². The van der Waals surface area contributed by atoms with Crippen LogP contribution in [0.4, 0.5) is 5.69 Å². The summed E-state index contributed by atoms with van der Waals surface area (Å²) in [6.07, 6.45) is 0. The van der Waals surface area contributed by atoms with Crippen LogP contribution >= 0.6 is 11.6 Å². The summed E-state index contributed by atoms with van der Waals surface area (Å²) in [4.78, 5) is 4.58. The van der Waals surface area contributed by atoms with Gasteiger partial charge < -0.3 is 10.6 Å². The fraction of sp³-hybridized carbons (Fsp3) is 0.500. The molecule has 2 rings (SSSR count). The van der Waals surface area contributed by atoms with E-state index in [1.807, 2.05) is 6.07 Å². The molecule has 1 fully saturated rings. The van der Waals surface area contributed by atoms with Gasteiger partial charge in [-0.25, -0.2) is 0 Å². The highest BCUT2D eigenvalue weighted by molar-refractivity contribution is 6.33. The largest absolute Gasteiger partial charge is 0.368 e. The van der Waals surface area contributed by atoms with Crippen LogP contribution in [0.5, 0.6) is 0 Å². The molecule has 0 spiro atoms. The van der Waals surface area contributed by atoms with Crippen molar-refractivity contribution in [2.45, 2.75) is 6.92 Å². The predicted octanol–water partition coefficient (Wildman–Crippen LogP) is 1.69. The number of anilines is 1. The Kier molecular flexibility index (Phi) is 3.69. The summed E-state index contributed by atoms with van der Waals surface area (Å²) in [5.74, 6) is 0. The van der Waals surface area contributed by atoms with Crippen molar-refractivity contribution < 1.29 is 0 Å². The molecule has 88 valence electrons. The molecule has 0 unspecified atom stereocenters. The molecule has 0 radical (unpaired) electrons. The van der Waals surface area contributed by atoms with E-state index in [2.05, 4.69) is 28.9 Å². The van der Waals surface area contributed by atoms with Crippen molar-refractivity contribution in [3.8, 4) is 0 Å². The third kappa shape index (κ3) is 2.48. The zero-order valence-corrected chi connectivity index (χ0v) is 10.4. The standard InChI is InChI=1S/C12H18ClN3/c1-10-2-3-12(11(13)8-10)16-6-4-15(9-14)5-7-16/h2-3,8H,4-7,9,14H2,1H3. The third-order valence-electron chi connectivity index (χ3n) is 3.07. The Morgan fingerprint density at radius 3 is 2.50 bits per heavy atom.